The Labute approximate surface area is 172 Å². The standard InChI is InChI=1S/C23H26N2O2.ClH/c1-16-10-11-21-20(12-16)19-8-5-9-22(27)23(19)25(21)15-18(26)14-24-13-17-6-3-2-4-7-17;/h2-4,6-7,10-12,18,24,26H,5,8-9,13-15H2,1H3;1H/p-1. The van der Waals surface area contributed by atoms with Crippen molar-refractivity contribution in [3.63, 3.8) is 0 Å². The van der Waals surface area contributed by atoms with Gasteiger partial charge in [0, 0.05) is 30.4 Å². The van der Waals surface area contributed by atoms with Gasteiger partial charge in [-0.2, -0.15) is 0 Å². The van der Waals surface area contributed by atoms with Crippen molar-refractivity contribution in [3.8, 4) is 0 Å². The van der Waals surface area contributed by atoms with Gasteiger partial charge in [-0.15, -0.1) is 0 Å². The van der Waals surface area contributed by atoms with Crippen LogP contribution in [-0.4, -0.2) is 28.1 Å². The SMILES string of the molecule is Cc1ccc2c(c1)c1c(n2CC(O)CNCc2ccccc2)C(=O)CCC1.[Cl-]. The Bertz CT molecular complexity index is 966. The fourth-order valence-electron chi connectivity index (χ4n) is 4.10. The third kappa shape index (κ3) is 4.14. The maximum Gasteiger partial charge on any atom is 0.179 e. The highest BCUT2D eigenvalue weighted by Crippen LogP contribution is 2.33. The van der Waals surface area contributed by atoms with Gasteiger partial charge in [0.05, 0.1) is 18.3 Å². The van der Waals surface area contributed by atoms with E-state index < -0.39 is 6.10 Å². The number of carbonyl (C=O) groups is 1. The predicted molar refractivity (Wildman–Crippen MR) is 108 cm³/mol. The number of nitrogens with one attached hydrogen (secondary N) is 1. The molecule has 0 saturated carbocycles. The van der Waals surface area contributed by atoms with Crippen LogP contribution in [0.2, 0.25) is 0 Å². The lowest BCUT2D eigenvalue weighted by Crippen LogP contribution is -3.00. The molecule has 1 unspecified atom stereocenters. The van der Waals surface area contributed by atoms with Gasteiger partial charge in [0.2, 0.25) is 0 Å². The highest BCUT2D eigenvalue weighted by atomic mass is 35.5. The first kappa shape index (κ1) is 20.6. The van der Waals surface area contributed by atoms with Crippen molar-refractivity contribution in [3.05, 3.63) is 70.9 Å². The van der Waals surface area contributed by atoms with Crippen LogP contribution in [0.3, 0.4) is 0 Å². The number of aliphatic hydroxyl groups excluding tert-OH is 1. The van der Waals surface area contributed by atoms with Gasteiger partial charge in [-0.3, -0.25) is 4.79 Å². The summed E-state index contributed by atoms with van der Waals surface area (Å²) in [5.41, 5.74) is 5.42. The summed E-state index contributed by atoms with van der Waals surface area (Å²) in [6, 6.07) is 16.5. The summed E-state index contributed by atoms with van der Waals surface area (Å²) in [6.45, 7) is 3.72. The Morgan fingerprint density at radius 3 is 2.71 bits per heavy atom. The van der Waals surface area contributed by atoms with E-state index in [1.54, 1.807) is 0 Å². The number of carbonyl (C=O) groups excluding carboxylic acids is 1. The summed E-state index contributed by atoms with van der Waals surface area (Å²) in [7, 11) is 0. The maximum atomic E-state index is 12.6. The van der Waals surface area contributed by atoms with Crippen molar-refractivity contribution in [1.82, 2.24) is 9.88 Å². The van der Waals surface area contributed by atoms with E-state index >= 15 is 0 Å². The lowest BCUT2D eigenvalue weighted by Gasteiger charge is -2.18. The highest BCUT2D eigenvalue weighted by molar-refractivity contribution is 6.04. The first-order valence-corrected chi connectivity index (χ1v) is 9.71. The molecular formula is C23H26ClN2O2-. The largest absolute Gasteiger partial charge is 1.00 e. The van der Waals surface area contributed by atoms with Crippen LogP contribution in [0, 0.1) is 6.92 Å². The van der Waals surface area contributed by atoms with E-state index in [-0.39, 0.29) is 18.2 Å². The molecule has 0 aliphatic heterocycles. The number of nitrogens with zero attached hydrogens (tertiary/aromatic N) is 1. The van der Waals surface area contributed by atoms with E-state index in [0.717, 1.165) is 36.2 Å². The molecule has 1 aromatic heterocycles. The summed E-state index contributed by atoms with van der Waals surface area (Å²) in [4.78, 5) is 12.6. The van der Waals surface area contributed by atoms with E-state index in [1.165, 1.54) is 16.5 Å². The Kier molecular flexibility index (Phi) is 6.55. The minimum atomic E-state index is -0.551. The summed E-state index contributed by atoms with van der Waals surface area (Å²) < 4.78 is 2.04. The van der Waals surface area contributed by atoms with Gasteiger partial charge in [-0.25, -0.2) is 0 Å². The lowest BCUT2D eigenvalue weighted by molar-refractivity contribution is -0.0000161. The van der Waals surface area contributed by atoms with Gasteiger partial charge >= 0.3 is 0 Å². The fraction of sp³-hybridized carbons (Fsp3) is 0.348. The Hall–Kier alpha value is -2.14. The monoisotopic (exact) mass is 397 g/mol. The molecule has 5 heteroatoms. The molecule has 0 radical (unpaired) electrons. The quantitative estimate of drug-likeness (QED) is 0.641. The normalized spacial score (nSPS) is 14.6. The number of rotatable bonds is 6. The molecule has 1 heterocycles. The summed E-state index contributed by atoms with van der Waals surface area (Å²) in [5, 5.41) is 15.1. The van der Waals surface area contributed by atoms with Crippen molar-refractivity contribution in [2.45, 2.75) is 45.4 Å². The van der Waals surface area contributed by atoms with Crippen molar-refractivity contribution >= 4 is 16.7 Å². The second-order valence-electron chi connectivity index (χ2n) is 7.51. The molecule has 0 saturated heterocycles. The second-order valence-corrected chi connectivity index (χ2v) is 7.51. The number of aromatic nitrogens is 1. The van der Waals surface area contributed by atoms with Crippen LogP contribution < -0.4 is 17.7 Å². The molecule has 148 valence electrons. The highest BCUT2D eigenvalue weighted by Gasteiger charge is 2.26. The first-order valence-electron chi connectivity index (χ1n) is 9.71. The zero-order valence-electron chi connectivity index (χ0n) is 16.1. The molecule has 4 rings (SSSR count). The molecule has 0 spiro atoms. The van der Waals surface area contributed by atoms with Gasteiger partial charge in [0.1, 0.15) is 0 Å². The van der Waals surface area contributed by atoms with Crippen LogP contribution in [0.15, 0.2) is 48.5 Å². The maximum absolute atomic E-state index is 12.6. The van der Waals surface area contributed by atoms with Gasteiger partial charge in [-0.05, 0) is 43.0 Å². The number of aryl methyl sites for hydroxylation is 2. The second kappa shape index (κ2) is 8.91. The number of halogens is 1. The van der Waals surface area contributed by atoms with Gasteiger partial charge in [0.15, 0.2) is 5.78 Å². The third-order valence-corrected chi connectivity index (χ3v) is 5.36. The molecule has 1 atom stereocenters. The minimum Gasteiger partial charge on any atom is -1.00 e. The topological polar surface area (TPSA) is 54.3 Å². The summed E-state index contributed by atoms with van der Waals surface area (Å²) >= 11 is 0. The number of hydrogen-bond acceptors (Lipinski definition) is 3. The molecule has 0 bridgehead atoms. The van der Waals surface area contributed by atoms with Crippen LogP contribution in [0.4, 0.5) is 0 Å². The molecular weight excluding hydrogens is 372 g/mol. The van der Waals surface area contributed by atoms with Gasteiger partial charge in [0.25, 0.3) is 0 Å². The van der Waals surface area contributed by atoms with E-state index in [1.807, 2.05) is 22.8 Å². The Balaban J connectivity index is 0.00000225. The molecule has 4 nitrogen and oxygen atoms in total. The third-order valence-electron chi connectivity index (χ3n) is 5.36. The zero-order chi connectivity index (χ0) is 18.8. The first-order chi connectivity index (χ1) is 13.1. The molecule has 0 fully saturated rings. The van der Waals surface area contributed by atoms with E-state index in [9.17, 15) is 9.90 Å². The van der Waals surface area contributed by atoms with Crippen LogP contribution in [0.25, 0.3) is 10.9 Å². The van der Waals surface area contributed by atoms with E-state index in [2.05, 4.69) is 42.6 Å². The fourth-order valence-corrected chi connectivity index (χ4v) is 4.10. The smallest absolute Gasteiger partial charge is 0.179 e. The Morgan fingerprint density at radius 2 is 1.93 bits per heavy atom. The zero-order valence-corrected chi connectivity index (χ0v) is 16.9. The number of ketones is 1. The van der Waals surface area contributed by atoms with Crippen LogP contribution in [-0.2, 0) is 19.5 Å². The lowest BCUT2D eigenvalue weighted by atomic mass is 9.94. The number of hydrogen-bond donors (Lipinski definition) is 2. The average molecular weight is 398 g/mol. The molecule has 0 amide bonds. The molecule has 2 aromatic carbocycles. The number of fused-ring (bicyclic) bond motifs is 3. The molecule has 28 heavy (non-hydrogen) atoms. The van der Waals surface area contributed by atoms with Crippen LogP contribution in [0.1, 0.15) is 40.0 Å². The molecule has 2 N–H and O–H groups in total. The summed E-state index contributed by atoms with van der Waals surface area (Å²) in [5.74, 6) is 0.203. The molecule has 1 aliphatic carbocycles. The van der Waals surface area contributed by atoms with Crippen molar-refractivity contribution in [2.75, 3.05) is 6.54 Å². The number of benzene rings is 2. The molecule has 1 aliphatic rings. The van der Waals surface area contributed by atoms with Crippen LogP contribution >= 0.6 is 0 Å². The van der Waals surface area contributed by atoms with Gasteiger partial charge < -0.3 is 27.4 Å². The van der Waals surface area contributed by atoms with E-state index in [4.69, 9.17) is 0 Å². The number of Topliss-reactive ketones (excluding diaryl/α,β-unsaturated/α-hetero) is 1. The van der Waals surface area contributed by atoms with Crippen molar-refractivity contribution in [2.24, 2.45) is 0 Å². The minimum absolute atomic E-state index is 0. The summed E-state index contributed by atoms with van der Waals surface area (Å²) in [6.07, 6.45) is 1.91. The molecule has 3 aromatic rings. The van der Waals surface area contributed by atoms with Crippen molar-refractivity contribution < 1.29 is 22.3 Å². The van der Waals surface area contributed by atoms with Gasteiger partial charge in [-0.1, -0.05) is 42.0 Å². The van der Waals surface area contributed by atoms with Crippen molar-refractivity contribution in [1.29, 1.82) is 0 Å². The predicted octanol–water partition coefficient (Wildman–Crippen LogP) is 0.623. The van der Waals surface area contributed by atoms with Crippen LogP contribution in [0.5, 0.6) is 0 Å². The average Bonchev–Trinajstić information content (AvgIpc) is 2.97. The Morgan fingerprint density at radius 1 is 1.14 bits per heavy atom. The van der Waals surface area contributed by atoms with E-state index in [0.29, 0.717) is 19.5 Å². The number of aliphatic hydroxyl groups is 1.